The van der Waals surface area contributed by atoms with Gasteiger partial charge in [-0.3, -0.25) is 5.43 Å². The molecule has 1 aromatic heterocycles. The lowest BCUT2D eigenvalue weighted by molar-refractivity contribution is 0.150. The zero-order valence-corrected chi connectivity index (χ0v) is 20.1. The van der Waals surface area contributed by atoms with Gasteiger partial charge in [-0.2, -0.15) is 4.98 Å². The summed E-state index contributed by atoms with van der Waals surface area (Å²) in [6.07, 6.45) is 1.95. The maximum Gasteiger partial charge on any atom is 0.247 e. The van der Waals surface area contributed by atoms with Crippen molar-refractivity contribution in [3.63, 3.8) is 0 Å². The van der Waals surface area contributed by atoms with Gasteiger partial charge in [-0.15, -0.1) is 10.2 Å². The van der Waals surface area contributed by atoms with Crippen LogP contribution in [0.4, 0.5) is 5.69 Å². The van der Waals surface area contributed by atoms with Crippen molar-refractivity contribution in [1.29, 1.82) is 0 Å². The Labute approximate surface area is 200 Å². The highest BCUT2D eigenvalue weighted by Crippen LogP contribution is 2.40. The molecule has 0 spiro atoms. The normalized spacial score (nSPS) is 21.8. The molecule has 0 amide bonds. The lowest BCUT2D eigenvalue weighted by Crippen LogP contribution is -2.38. The Hall–Kier alpha value is -2.20. The van der Waals surface area contributed by atoms with Crippen LogP contribution >= 0.6 is 27.7 Å². The number of thioether (sulfide) groups is 1. The Morgan fingerprint density at radius 2 is 2.03 bits per heavy atom. The number of hydrazine groups is 1. The summed E-state index contributed by atoms with van der Waals surface area (Å²) < 4.78 is 7.50. The maximum atomic E-state index is 6.53. The molecule has 0 bridgehead atoms. The number of anilines is 1. The molecule has 3 aromatic rings. The summed E-state index contributed by atoms with van der Waals surface area (Å²) in [5.74, 6) is 1.62. The predicted molar refractivity (Wildman–Crippen MR) is 130 cm³/mol. The zero-order chi connectivity index (χ0) is 21.9. The average Bonchev–Trinajstić information content (AvgIpc) is 3.25. The summed E-state index contributed by atoms with van der Waals surface area (Å²) >= 11 is 5.21. The molecule has 2 aromatic carbocycles. The van der Waals surface area contributed by atoms with Crippen molar-refractivity contribution in [3.8, 4) is 17.1 Å². The summed E-state index contributed by atoms with van der Waals surface area (Å²) in [6, 6.07) is 16.6. The first-order valence-electron chi connectivity index (χ1n) is 10.9. The second kappa shape index (κ2) is 9.74. The van der Waals surface area contributed by atoms with Crippen molar-refractivity contribution >= 4 is 33.4 Å². The molecule has 0 radical (unpaired) electrons. The van der Waals surface area contributed by atoms with Gasteiger partial charge in [0.15, 0.2) is 11.9 Å². The number of fused-ring (bicyclic) bond motifs is 3. The molecular formula is C23H25BrN6OS. The van der Waals surface area contributed by atoms with Crippen LogP contribution in [-0.4, -0.2) is 33.7 Å². The highest BCUT2D eigenvalue weighted by molar-refractivity contribution is 9.10. The zero-order valence-electron chi connectivity index (χ0n) is 17.7. The van der Waals surface area contributed by atoms with Crippen LogP contribution in [0, 0.1) is 5.92 Å². The van der Waals surface area contributed by atoms with Gasteiger partial charge >= 0.3 is 0 Å². The van der Waals surface area contributed by atoms with Crippen molar-refractivity contribution in [3.05, 3.63) is 58.6 Å². The predicted octanol–water partition coefficient (Wildman–Crippen LogP) is 4.79. The van der Waals surface area contributed by atoms with Gasteiger partial charge in [0, 0.05) is 33.9 Å². The third-order valence-corrected chi connectivity index (χ3v) is 7.13. The summed E-state index contributed by atoms with van der Waals surface area (Å²) in [5.41, 5.74) is 10.5. The fourth-order valence-electron chi connectivity index (χ4n) is 4.04. The van der Waals surface area contributed by atoms with Crippen LogP contribution in [-0.2, 0) is 0 Å². The minimum absolute atomic E-state index is 0.0994. The molecule has 3 N–H and O–H groups in total. The van der Waals surface area contributed by atoms with Crippen molar-refractivity contribution in [2.45, 2.75) is 37.2 Å². The number of unbranched alkanes of at least 4 members (excludes halogenated alkanes) is 1. The van der Waals surface area contributed by atoms with Crippen molar-refractivity contribution < 1.29 is 4.74 Å². The van der Waals surface area contributed by atoms with Crippen LogP contribution in [0.25, 0.3) is 11.3 Å². The number of halogens is 1. The summed E-state index contributed by atoms with van der Waals surface area (Å²) in [4.78, 5) is 4.76. The standard InChI is InChI=1S/C23H25BrN6OS/c1-2-3-11-32-23-27-22-20(29-30-23)16-12-15(24)9-10-18(16)26-21(31-22)17-13-25-28-19(17)14-7-5-4-6-8-14/h4-10,12,17,19,21,25-26,28H,2-3,11,13H2,1H3. The van der Waals surface area contributed by atoms with Gasteiger partial charge in [-0.25, -0.2) is 5.43 Å². The molecule has 32 heavy (non-hydrogen) atoms. The number of rotatable bonds is 6. The first-order valence-corrected chi connectivity index (χ1v) is 12.6. The monoisotopic (exact) mass is 512 g/mol. The number of hydrogen-bond acceptors (Lipinski definition) is 8. The van der Waals surface area contributed by atoms with E-state index in [0.29, 0.717) is 16.7 Å². The molecule has 1 fully saturated rings. The van der Waals surface area contributed by atoms with Crippen molar-refractivity contribution in [2.75, 3.05) is 17.6 Å². The Bertz CT molecular complexity index is 1090. The third-order valence-electron chi connectivity index (χ3n) is 5.71. The Morgan fingerprint density at radius 3 is 2.88 bits per heavy atom. The minimum Gasteiger partial charge on any atom is -0.452 e. The molecule has 7 nitrogen and oxygen atoms in total. The maximum absolute atomic E-state index is 6.53. The molecule has 166 valence electrons. The van der Waals surface area contributed by atoms with E-state index in [-0.39, 0.29) is 18.2 Å². The number of ether oxygens (including phenoxy) is 1. The first-order chi connectivity index (χ1) is 15.7. The number of aromatic nitrogens is 3. The van der Waals surface area contributed by atoms with Gasteiger partial charge < -0.3 is 10.1 Å². The molecular weight excluding hydrogens is 488 g/mol. The van der Waals surface area contributed by atoms with E-state index >= 15 is 0 Å². The van der Waals surface area contributed by atoms with Gasteiger partial charge in [0.1, 0.15) is 0 Å². The molecule has 2 aliphatic rings. The van der Waals surface area contributed by atoms with Gasteiger partial charge in [0.05, 0.1) is 6.04 Å². The number of hydrogen-bond donors (Lipinski definition) is 3. The van der Waals surface area contributed by atoms with Crippen LogP contribution in [0.3, 0.4) is 0 Å². The van der Waals surface area contributed by atoms with E-state index in [4.69, 9.17) is 9.72 Å². The summed E-state index contributed by atoms with van der Waals surface area (Å²) in [5, 5.41) is 13.2. The van der Waals surface area contributed by atoms with E-state index in [1.807, 2.05) is 24.3 Å². The van der Waals surface area contributed by atoms with Gasteiger partial charge in [-0.1, -0.05) is 71.4 Å². The Morgan fingerprint density at radius 1 is 1.16 bits per heavy atom. The second-order valence-electron chi connectivity index (χ2n) is 7.90. The molecule has 3 unspecified atom stereocenters. The quantitative estimate of drug-likeness (QED) is 0.321. The molecule has 3 heterocycles. The molecule has 2 aliphatic heterocycles. The summed E-state index contributed by atoms with van der Waals surface area (Å²) in [7, 11) is 0. The number of nitrogens with zero attached hydrogens (tertiary/aromatic N) is 3. The van der Waals surface area contributed by atoms with Crippen LogP contribution in [0.5, 0.6) is 5.88 Å². The van der Waals surface area contributed by atoms with Gasteiger partial charge in [0.25, 0.3) is 0 Å². The minimum atomic E-state index is -0.297. The van der Waals surface area contributed by atoms with E-state index in [1.165, 1.54) is 5.56 Å². The highest BCUT2D eigenvalue weighted by atomic mass is 79.9. The lowest BCUT2D eigenvalue weighted by Gasteiger charge is -2.28. The molecule has 5 rings (SSSR count). The lowest BCUT2D eigenvalue weighted by atomic mass is 9.93. The van der Waals surface area contributed by atoms with E-state index in [0.717, 1.165) is 40.9 Å². The fourth-order valence-corrected chi connectivity index (χ4v) is 5.26. The SMILES string of the molecule is CCCCSc1nnc2c(n1)OC(C1CNNC1c1ccccc1)Nc1ccc(Br)cc1-2. The van der Waals surface area contributed by atoms with E-state index in [1.54, 1.807) is 11.8 Å². The fraction of sp³-hybridized carbons (Fsp3) is 0.348. The topological polar surface area (TPSA) is 84.0 Å². The van der Waals surface area contributed by atoms with Gasteiger partial charge in [-0.05, 0) is 30.2 Å². The Kier molecular flexibility index (Phi) is 6.59. The summed E-state index contributed by atoms with van der Waals surface area (Å²) in [6.45, 7) is 2.94. The molecule has 1 saturated heterocycles. The molecule has 0 saturated carbocycles. The first kappa shape index (κ1) is 21.6. The van der Waals surface area contributed by atoms with Crippen LogP contribution in [0.2, 0.25) is 0 Å². The molecule has 9 heteroatoms. The Balaban J connectivity index is 1.51. The third kappa shape index (κ3) is 4.47. The van der Waals surface area contributed by atoms with Gasteiger partial charge in [0.2, 0.25) is 11.0 Å². The van der Waals surface area contributed by atoms with E-state index < -0.39 is 0 Å². The van der Waals surface area contributed by atoms with Crippen LogP contribution in [0.1, 0.15) is 31.4 Å². The largest absolute Gasteiger partial charge is 0.452 e. The van der Waals surface area contributed by atoms with Crippen molar-refractivity contribution in [1.82, 2.24) is 26.0 Å². The van der Waals surface area contributed by atoms with Crippen molar-refractivity contribution in [2.24, 2.45) is 5.92 Å². The number of benzene rings is 2. The van der Waals surface area contributed by atoms with E-state index in [2.05, 4.69) is 73.5 Å². The number of nitrogens with one attached hydrogen (secondary N) is 3. The molecule has 0 aliphatic carbocycles. The smallest absolute Gasteiger partial charge is 0.247 e. The molecule has 3 atom stereocenters. The highest BCUT2D eigenvalue weighted by Gasteiger charge is 2.39. The van der Waals surface area contributed by atoms with E-state index in [9.17, 15) is 0 Å². The van der Waals surface area contributed by atoms with Crippen LogP contribution in [0.15, 0.2) is 58.2 Å². The van der Waals surface area contributed by atoms with Crippen LogP contribution < -0.4 is 20.9 Å². The second-order valence-corrected chi connectivity index (χ2v) is 9.88. The average molecular weight is 513 g/mol.